The van der Waals surface area contributed by atoms with Crippen LogP contribution in [0.15, 0.2) is 60.8 Å². The number of esters is 3. The van der Waals surface area contributed by atoms with Gasteiger partial charge in [-0.05, 0) is 64.2 Å². The van der Waals surface area contributed by atoms with Gasteiger partial charge in [-0.1, -0.05) is 332 Å². The highest BCUT2D eigenvalue weighted by Crippen LogP contribution is 2.18. The maximum absolute atomic E-state index is 12.9. The molecule has 0 fully saturated rings. The van der Waals surface area contributed by atoms with Gasteiger partial charge in [0, 0.05) is 19.3 Å². The van der Waals surface area contributed by atoms with Crippen molar-refractivity contribution < 1.29 is 28.6 Å². The van der Waals surface area contributed by atoms with E-state index < -0.39 is 6.10 Å². The van der Waals surface area contributed by atoms with Crippen molar-refractivity contribution in [3.63, 3.8) is 0 Å². The van der Waals surface area contributed by atoms with Crippen LogP contribution in [0.3, 0.4) is 0 Å². The monoisotopic (exact) mass is 1080 g/mol. The van der Waals surface area contributed by atoms with Crippen molar-refractivity contribution >= 4 is 17.9 Å². The molecule has 0 aromatic heterocycles. The van der Waals surface area contributed by atoms with Gasteiger partial charge in [0.1, 0.15) is 13.2 Å². The standard InChI is InChI=1S/C71H128O6/c1-4-7-10-13-16-19-22-24-26-28-30-32-34-35-36-38-39-41-43-45-47-49-52-55-58-61-64-70(73)76-67-68(66-75-69(72)63-60-57-54-51-21-18-15-12-9-6-3)77-71(74)65-62-59-56-53-50-48-46-44-42-40-37-33-31-29-27-25-23-20-17-14-11-8-5-2/h8,11,17,20,25,27,31,33,40,42,68H,4-7,9-10,12-16,18-19,21-24,26,28-30,32,34-39,41,43-67H2,1-3H3/b11-8-,20-17-,27-25-,33-31-,42-40-. The summed E-state index contributed by atoms with van der Waals surface area (Å²) in [7, 11) is 0. The largest absolute Gasteiger partial charge is 0.462 e. The third-order valence-corrected chi connectivity index (χ3v) is 15.0. The highest BCUT2D eigenvalue weighted by molar-refractivity contribution is 5.71. The zero-order chi connectivity index (χ0) is 55.7. The van der Waals surface area contributed by atoms with Gasteiger partial charge in [0.2, 0.25) is 0 Å². The number of hydrogen-bond acceptors (Lipinski definition) is 6. The van der Waals surface area contributed by atoms with Gasteiger partial charge in [-0.2, -0.15) is 0 Å². The first-order valence-electron chi connectivity index (χ1n) is 33.8. The molecule has 0 aromatic rings. The van der Waals surface area contributed by atoms with E-state index in [1.165, 1.54) is 218 Å². The Balaban J connectivity index is 4.20. The van der Waals surface area contributed by atoms with Crippen molar-refractivity contribution in [3.05, 3.63) is 60.8 Å². The van der Waals surface area contributed by atoms with E-state index in [2.05, 4.69) is 81.5 Å². The van der Waals surface area contributed by atoms with E-state index in [1.54, 1.807) is 0 Å². The summed E-state index contributed by atoms with van der Waals surface area (Å²) in [6, 6.07) is 0. The van der Waals surface area contributed by atoms with Crippen LogP contribution >= 0.6 is 0 Å². The summed E-state index contributed by atoms with van der Waals surface area (Å²) in [5.74, 6) is -0.866. The third kappa shape index (κ3) is 63.8. The fraction of sp³-hybridized carbons (Fsp3) is 0.817. The molecule has 1 unspecified atom stereocenters. The van der Waals surface area contributed by atoms with Crippen molar-refractivity contribution in [1.29, 1.82) is 0 Å². The molecule has 0 heterocycles. The molecule has 0 aliphatic rings. The summed E-state index contributed by atoms with van der Waals surface area (Å²) in [6.45, 7) is 6.56. The maximum Gasteiger partial charge on any atom is 0.306 e. The predicted molar refractivity (Wildman–Crippen MR) is 335 cm³/mol. The van der Waals surface area contributed by atoms with Crippen LogP contribution in [0.1, 0.15) is 355 Å². The van der Waals surface area contributed by atoms with E-state index in [0.29, 0.717) is 19.3 Å². The molecular formula is C71H128O6. The van der Waals surface area contributed by atoms with E-state index >= 15 is 0 Å². The predicted octanol–water partition coefficient (Wildman–Crippen LogP) is 23.1. The van der Waals surface area contributed by atoms with Gasteiger partial charge >= 0.3 is 17.9 Å². The Hall–Kier alpha value is -2.89. The molecule has 0 rings (SSSR count). The molecule has 0 saturated carbocycles. The molecule has 77 heavy (non-hydrogen) atoms. The van der Waals surface area contributed by atoms with Crippen molar-refractivity contribution in [1.82, 2.24) is 0 Å². The van der Waals surface area contributed by atoms with Gasteiger partial charge in [0.15, 0.2) is 6.10 Å². The van der Waals surface area contributed by atoms with Crippen molar-refractivity contribution in [2.75, 3.05) is 13.2 Å². The summed E-state index contributed by atoms with van der Waals surface area (Å²) in [4.78, 5) is 38.3. The molecule has 0 spiro atoms. The Morgan fingerprint density at radius 3 is 0.792 bits per heavy atom. The zero-order valence-corrected chi connectivity index (χ0v) is 51.5. The fourth-order valence-electron chi connectivity index (χ4n) is 10.0. The van der Waals surface area contributed by atoms with Gasteiger partial charge in [-0.15, -0.1) is 0 Å². The minimum atomic E-state index is -0.778. The number of allylic oxidation sites excluding steroid dienone is 10. The number of carbonyl (C=O) groups excluding carboxylic acids is 3. The average Bonchev–Trinajstić information content (AvgIpc) is 3.43. The first-order chi connectivity index (χ1) is 38.0. The van der Waals surface area contributed by atoms with Crippen LogP contribution in [0.5, 0.6) is 0 Å². The van der Waals surface area contributed by atoms with Gasteiger partial charge in [0.05, 0.1) is 0 Å². The number of unbranched alkanes of at least 4 members (excludes halogenated alkanes) is 41. The number of rotatable bonds is 62. The lowest BCUT2D eigenvalue weighted by Gasteiger charge is -2.18. The summed E-state index contributed by atoms with van der Waals surface area (Å²) >= 11 is 0. The maximum atomic E-state index is 12.9. The normalized spacial score (nSPS) is 12.4. The second-order valence-electron chi connectivity index (χ2n) is 22.7. The van der Waals surface area contributed by atoms with E-state index in [0.717, 1.165) is 96.3 Å². The minimum absolute atomic E-state index is 0.0742. The molecular weight excluding hydrogens is 949 g/mol. The Bertz CT molecular complexity index is 1380. The zero-order valence-electron chi connectivity index (χ0n) is 51.5. The van der Waals surface area contributed by atoms with Gasteiger partial charge < -0.3 is 14.2 Å². The summed E-state index contributed by atoms with van der Waals surface area (Å²) in [5.41, 5.74) is 0. The van der Waals surface area contributed by atoms with Crippen LogP contribution in [0, 0.1) is 0 Å². The molecule has 0 N–H and O–H groups in total. The highest BCUT2D eigenvalue weighted by atomic mass is 16.6. The Kier molecular flexibility index (Phi) is 63.2. The van der Waals surface area contributed by atoms with Crippen LogP contribution in [0.25, 0.3) is 0 Å². The quantitative estimate of drug-likeness (QED) is 0.0261. The topological polar surface area (TPSA) is 78.9 Å². The van der Waals surface area contributed by atoms with Crippen LogP contribution in [-0.4, -0.2) is 37.2 Å². The van der Waals surface area contributed by atoms with Gasteiger partial charge in [-0.3, -0.25) is 14.4 Å². The summed E-state index contributed by atoms with van der Waals surface area (Å²) in [5, 5.41) is 0. The van der Waals surface area contributed by atoms with E-state index in [4.69, 9.17) is 14.2 Å². The average molecular weight is 1080 g/mol. The summed E-state index contributed by atoms with van der Waals surface area (Å²) in [6.07, 6.45) is 83.9. The highest BCUT2D eigenvalue weighted by Gasteiger charge is 2.19. The Morgan fingerprint density at radius 1 is 0.273 bits per heavy atom. The van der Waals surface area contributed by atoms with E-state index in [1.807, 2.05) is 0 Å². The third-order valence-electron chi connectivity index (χ3n) is 15.0. The smallest absolute Gasteiger partial charge is 0.306 e. The van der Waals surface area contributed by atoms with E-state index in [-0.39, 0.29) is 31.1 Å². The lowest BCUT2D eigenvalue weighted by molar-refractivity contribution is -0.167. The molecule has 0 saturated heterocycles. The molecule has 0 radical (unpaired) electrons. The van der Waals surface area contributed by atoms with Crippen LogP contribution < -0.4 is 0 Å². The fourth-order valence-corrected chi connectivity index (χ4v) is 10.0. The molecule has 1 atom stereocenters. The number of hydrogen-bond donors (Lipinski definition) is 0. The SMILES string of the molecule is CC/C=C\C/C=C\C/C=C\C/C=C\C/C=C\CCCCCCCCCC(=O)OC(COC(=O)CCCCCCCCCCCC)COC(=O)CCCCCCCCCCCCCCCCCCCCCCCCCCCC. The van der Waals surface area contributed by atoms with E-state index in [9.17, 15) is 14.4 Å². The first kappa shape index (κ1) is 74.1. The van der Waals surface area contributed by atoms with Crippen LogP contribution in [0.4, 0.5) is 0 Å². The second kappa shape index (κ2) is 65.6. The molecule has 6 heteroatoms. The van der Waals surface area contributed by atoms with Gasteiger partial charge in [-0.25, -0.2) is 0 Å². The lowest BCUT2D eigenvalue weighted by atomic mass is 10.0. The number of carbonyl (C=O) groups is 3. The molecule has 0 bridgehead atoms. The molecule has 6 nitrogen and oxygen atoms in total. The molecule has 448 valence electrons. The van der Waals surface area contributed by atoms with Gasteiger partial charge in [0.25, 0.3) is 0 Å². The van der Waals surface area contributed by atoms with Crippen molar-refractivity contribution in [2.24, 2.45) is 0 Å². The van der Waals surface area contributed by atoms with Crippen LogP contribution in [0.2, 0.25) is 0 Å². The van der Waals surface area contributed by atoms with Crippen molar-refractivity contribution in [2.45, 2.75) is 361 Å². The van der Waals surface area contributed by atoms with Crippen LogP contribution in [-0.2, 0) is 28.6 Å². The molecule has 0 aliphatic heterocycles. The van der Waals surface area contributed by atoms with Crippen molar-refractivity contribution in [3.8, 4) is 0 Å². The molecule has 0 aliphatic carbocycles. The minimum Gasteiger partial charge on any atom is -0.462 e. The second-order valence-corrected chi connectivity index (χ2v) is 22.7. The lowest BCUT2D eigenvalue weighted by Crippen LogP contribution is -2.30. The Morgan fingerprint density at radius 2 is 0.506 bits per heavy atom. The molecule has 0 amide bonds. The molecule has 0 aromatic carbocycles. The Labute approximate surface area is 479 Å². The number of ether oxygens (including phenoxy) is 3. The summed E-state index contributed by atoms with van der Waals surface area (Å²) < 4.78 is 16.9. The first-order valence-corrected chi connectivity index (χ1v) is 33.8.